The smallest absolute Gasteiger partial charge is 0.317 e. The average molecular weight is 516 g/mol. The van der Waals surface area contributed by atoms with Crippen LogP contribution in [-0.4, -0.2) is 53.7 Å². The minimum atomic E-state index is 0.0151. The zero-order chi connectivity index (χ0) is 25.0. The molecule has 0 bridgehead atoms. The lowest BCUT2D eigenvalue weighted by Crippen LogP contribution is -2.47. The molecule has 2 aliphatic rings. The fraction of sp³-hybridized carbons (Fsp3) is 0.321. The van der Waals surface area contributed by atoms with Gasteiger partial charge in [0.1, 0.15) is 28.5 Å². The Morgan fingerprint density at radius 1 is 1.08 bits per heavy atom. The summed E-state index contributed by atoms with van der Waals surface area (Å²) >= 11 is 1.74. The summed E-state index contributed by atoms with van der Waals surface area (Å²) in [4.78, 5) is 25.9. The van der Waals surface area contributed by atoms with E-state index < -0.39 is 0 Å². The number of amides is 2. The van der Waals surface area contributed by atoms with Crippen molar-refractivity contribution in [3.05, 3.63) is 71.4 Å². The molecule has 0 radical (unpaired) electrons. The highest BCUT2D eigenvalue weighted by atomic mass is 32.1. The summed E-state index contributed by atoms with van der Waals surface area (Å²) in [5, 5.41) is 7.74. The summed E-state index contributed by atoms with van der Waals surface area (Å²) in [5.74, 6) is 2.79. The highest BCUT2D eigenvalue weighted by Crippen LogP contribution is 2.40. The maximum Gasteiger partial charge on any atom is 0.317 e. The molecular weight excluding hydrogens is 486 g/mol. The highest BCUT2D eigenvalue weighted by Gasteiger charge is 2.26. The lowest BCUT2D eigenvalue weighted by atomic mass is 9.88. The van der Waals surface area contributed by atoms with Crippen molar-refractivity contribution in [1.29, 1.82) is 0 Å². The number of morpholine rings is 1. The molecule has 1 aliphatic carbocycles. The third-order valence-electron chi connectivity index (χ3n) is 6.86. The molecule has 1 unspecified atom stereocenters. The molecule has 2 N–H and O–H groups in total. The zero-order valence-corrected chi connectivity index (χ0v) is 21.3. The first-order chi connectivity index (χ1) is 18.2. The standard InChI is InChI=1S/C28H29N5O3S/c34-28(33-11-13-35-14-12-33)29-17-19-9-10-23-24(15-19)37-27-25(23)26(30-18-31-27)32-20-5-4-8-22(16-20)36-21-6-2-1-3-7-21/h1-8,16,18-19H,9-15,17H2,(H,29,34)(H,30,31,32). The number of aryl methyl sites for hydroxylation is 1. The van der Waals surface area contributed by atoms with Crippen LogP contribution < -0.4 is 15.4 Å². The van der Waals surface area contributed by atoms with Gasteiger partial charge in [0.15, 0.2) is 0 Å². The molecule has 8 nitrogen and oxygen atoms in total. The number of thiophene rings is 1. The lowest BCUT2D eigenvalue weighted by Gasteiger charge is -2.28. The van der Waals surface area contributed by atoms with Crippen LogP contribution in [0.2, 0.25) is 0 Å². The summed E-state index contributed by atoms with van der Waals surface area (Å²) in [7, 11) is 0. The van der Waals surface area contributed by atoms with Gasteiger partial charge in [-0.05, 0) is 55.0 Å². The Kier molecular flexibility index (Phi) is 6.88. The van der Waals surface area contributed by atoms with E-state index in [9.17, 15) is 4.79 Å². The molecule has 3 heterocycles. The third-order valence-corrected chi connectivity index (χ3v) is 8.03. The molecule has 0 spiro atoms. The Morgan fingerprint density at radius 3 is 2.78 bits per heavy atom. The molecule has 2 aromatic heterocycles. The van der Waals surface area contributed by atoms with Crippen LogP contribution in [0.3, 0.4) is 0 Å². The maximum atomic E-state index is 12.5. The van der Waals surface area contributed by atoms with E-state index >= 15 is 0 Å². The van der Waals surface area contributed by atoms with Crippen molar-refractivity contribution in [2.24, 2.45) is 5.92 Å². The molecule has 190 valence electrons. The molecule has 9 heteroatoms. The second-order valence-electron chi connectivity index (χ2n) is 9.37. The van der Waals surface area contributed by atoms with Gasteiger partial charge in [-0.15, -0.1) is 11.3 Å². The van der Waals surface area contributed by atoms with Crippen molar-refractivity contribution in [3.63, 3.8) is 0 Å². The van der Waals surface area contributed by atoms with Crippen molar-refractivity contribution in [1.82, 2.24) is 20.2 Å². The normalized spacial score (nSPS) is 17.3. The predicted octanol–water partition coefficient (Wildman–Crippen LogP) is 5.37. The van der Waals surface area contributed by atoms with Crippen LogP contribution >= 0.6 is 11.3 Å². The second-order valence-corrected chi connectivity index (χ2v) is 10.5. The van der Waals surface area contributed by atoms with Crippen LogP contribution in [-0.2, 0) is 17.6 Å². The molecule has 0 saturated carbocycles. The Labute approximate surface area is 219 Å². The molecule has 1 fully saturated rings. The molecule has 1 atom stereocenters. The fourth-order valence-electron chi connectivity index (χ4n) is 4.96. The molecule has 4 aromatic rings. The van der Waals surface area contributed by atoms with Crippen LogP contribution in [0, 0.1) is 5.92 Å². The van der Waals surface area contributed by atoms with E-state index in [-0.39, 0.29) is 6.03 Å². The Balaban J connectivity index is 1.15. The SMILES string of the molecule is O=C(NCC1CCc2c(sc3ncnc(Nc4cccc(Oc5ccccc5)c4)c23)C1)N1CCOCC1. The van der Waals surface area contributed by atoms with Crippen molar-refractivity contribution in [2.75, 3.05) is 38.2 Å². The number of para-hydroxylation sites is 1. The number of ether oxygens (including phenoxy) is 2. The van der Waals surface area contributed by atoms with Crippen LogP contribution in [0.25, 0.3) is 10.2 Å². The van der Waals surface area contributed by atoms with Gasteiger partial charge >= 0.3 is 6.03 Å². The van der Waals surface area contributed by atoms with Crippen LogP contribution in [0.5, 0.6) is 11.5 Å². The van der Waals surface area contributed by atoms with Gasteiger partial charge < -0.3 is 25.0 Å². The predicted molar refractivity (Wildman–Crippen MR) is 145 cm³/mol. The van der Waals surface area contributed by atoms with E-state index in [2.05, 4.69) is 20.6 Å². The molecular formula is C28H29N5O3S. The number of nitrogens with one attached hydrogen (secondary N) is 2. The second kappa shape index (κ2) is 10.7. The molecule has 2 amide bonds. The van der Waals surface area contributed by atoms with Gasteiger partial charge in [0.2, 0.25) is 0 Å². The minimum absolute atomic E-state index is 0.0151. The number of hydrogen-bond donors (Lipinski definition) is 2. The van der Waals surface area contributed by atoms with Gasteiger partial charge in [-0.3, -0.25) is 0 Å². The monoisotopic (exact) mass is 515 g/mol. The number of benzene rings is 2. The number of carbonyl (C=O) groups excluding carboxylic acids is 1. The van der Waals surface area contributed by atoms with E-state index in [0.29, 0.717) is 38.8 Å². The van der Waals surface area contributed by atoms with Crippen LogP contribution in [0.1, 0.15) is 16.9 Å². The van der Waals surface area contributed by atoms with Gasteiger partial charge in [0.25, 0.3) is 0 Å². The first kappa shape index (κ1) is 23.7. The Morgan fingerprint density at radius 2 is 1.92 bits per heavy atom. The first-order valence-electron chi connectivity index (χ1n) is 12.7. The molecule has 37 heavy (non-hydrogen) atoms. The van der Waals surface area contributed by atoms with Gasteiger partial charge in [0.05, 0.1) is 18.6 Å². The van der Waals surface area contributed by atoms with Crippen LogP contribution in [0.4, 0.5) is 16.3 Å². The maximum absolute atomic E-state index is 12.5. The number of aromatic nitrogens is 2. The molecule has 2 aromatic carbocycles. The number of urea groups is 1. The van der Waals surface area contributed by atoms with Crippen molar-refractivity contribution >= 4 is 39.1 Å². The number of carbonyl (C=O) groups is 1. The Hall–Kier alpha value is -3.69. The van der Waals surface area contributed by atoms with Gasteiger partial charge in [-0.25, -0.2) is 14.8 Å². The largest absolute Gasteiger partial charge is 0.457 e. The van der Waals surface area contributed by atoms with Gasteiger partial charge in [-0.2, -0.15) is 0 Å². The summed E-state index contributed by atoms with van der Waals surface area (Å²) in [6.07, 6.45) is 4.54. The molecule has 6 rings (SSSR count). The van der Waals surface area contributed by atoms with E-state index in [1.54, 1.807) is 17.7 Å². The van der Waals surface area contributed by atoms with E-state index in [0.717, 1.165) is 52.5 Å². The van der Waals surface area contributed by atoms with E-state index in [1.165, 1.54) is 10.4 Å². The summed E-state index contributed by atoms with van der Waals surface area (Å²) < 4.78 is 11.3. The zero-order valence-electron chi connectivity index (χ0n) is 20.5. The summed E-state index contributed by atoms with van der Waals surface area (Å²) in [6.45, 7) is 3.24. The third kappa shape index (κ3) is 5.38. The topological polar surface area (TPSA) is 88.6 Å². The highest BCUT2D eigenvalue weighted by molar-refractivity contribution is 7.19. The summed E-state index contributed by atoms with van der Waals surface area (Å²) in [5.41, 5.74) is 2.24. The van der Waals surface area contributed by atoms with Crippen molar-refractivity contribution in [3.8, 4) is 11.5 Å². The van der Waals surface area contributed by atoms with Crippen molar-refractivity contribution < 1.29 is 14.3 Å². The van der Waals surface area contributed by atoms with E-state index in [1.807, 2.05) is 59.5 Å². The number of nitrogens with zero attached hydrogens (tertiary/aromatic N) is 3. The molecule has 1 aliphatic heterocycles. The quantitative estimate of drug-likeness (QED) is 0.359. The number of rotatable bonds is 6. The molecule has 1 saturated heterocycles. The minimum Gasteiger partial charge on any atom is -0.457 e. The number of anilines is 2. The van der Waals surface area contributed by atoms with Crippen molar-refractivity contribution in [2.45, 2.75) is 19.3 Å². The number of fused-ring (bicyclic) bond motifs is 3. The van der Waals surface area contributed by atoms with Gasteiger partial charge in [-0.1, -0.05) is 24.3 Å². The summed E-state index contributed by atoms with van der Waals surface area (Å²) in [6, 6.07) is 17.7. The Bertz CT molecular complexity index is 1390. The first-order valence-corrected chi connectivity index (χ1v) is 13.5. The van der Waals surface area contributed by atoms with E-state index in [4.69, 9.17) is 9.47 Å². The van der Waals surface area contributed by atoms with Gasteiger partial charge in [0, 0.05) is 36.3 Å². The average Bonchev–Trinajstić information content (AvgIpc) is 3.32. The fourth-order valence-corrected chi connectivity index (χ4v) is 6.26. The number of hydrogen-bond acceptors (Lipinski definition) is 7. The van der Waals surface area contributed by atoms with Crippen LogP contribution in [0.15, 0.2) is 60.9 Å². The lowest BCUT2D eigenvalue weighted by molar-refractivity contribution is 0.0529.